The fourth-order valence-corrected chi connectivity index (χ4v) is 3.80. The van der Waals surface area contributed by atoms with Crippen LogP contribution in [0.1, 0.15) is 55.4 Å². The number of benzene rings is 3. The third-order valence-electron chi connectivity index (χ3n) is 5.90. The number of phenols is 1. The van der Waals surface area contributed by atoms with Crippen LogP contribution in [0.3, 0.4) is 0 Å². The lowest BCUT2D eigenvalue weighted by Crippen LogP contribution is -2.20. The Balaban J connectivity index is 1.85. The lowest BCUT2D eigenvalue weighted by Gasteiger charge is -2.28. The van der Waals surface area contributed by atoms with Gasteiger partial charge in [-0.2, -0.15) is 0 Å². The maximum atomic E-state index is 13.2. The van der Waals surface area contributed by atoms with E-state index in [1.54, 1.807) is 43.3 Å². The Hall–Kier alpha value is -3.34. The standard InChI is InChI=1S/C27H29FO4/c1-3-20(7-4-19-5-12-23(28)13-6-19)26(32-25-16-14-24(29)15-17-25)22-10-8-21(9-11-22)18(2)27(30)31/h5-6,8-18,20,26,29H,3-4,7H2,1-2H3,(H,30,31). The molecule has 3 atom stereocenters. The van der Waals surface area contributed by atoms with Crippen LogP contribution in [-0.2, 0) is 11.2 Å². The maximum absolute atomic E-state index is 13.2. The first kappa shape index (κ1) is 23.3. The molecule has 0 spiro atoms. The number of hydrogen-bond donors (Lipinski definition) is 2. The van der Waals surface area contributed by atoms with Crippen LogP contribution in [0.15, 0.2) is 72.8 Å². The molecule has 0 saturated heterocycles. The summed E-state index contributed by atoms with van der Waals surface area (Å²) in [6, 6.07) is 20.7. The summed E-state index contributed by atoms with van der Waals surface area (Å²) in [4.78, 5) is 11.3. The fourth-order valence-electron chi connectivity index (χ4n) is 3.80. The molecule has 0 saturated carbocycles. The van der Waals surface area contributed by atoms with E-state index in [0.717, 1.165) is 36.0 Å². The van der Waals surface area contributed by atoms with E-state index in [1.165, 1.54) is 12.1 Å². The van der Waals surface area contributed by atoms with Crippen LogP contribution in [0.4, 0.5) is 4.39 Å². The summed E-state index contributed by atoms with van der Waals surface area (Å²) in [5.41, 5.74) is 2.77. The summed E-state index contributed by atoms with van der Waals surface area (Å²) in [7, 11) is 0. The van der Waals surface area contributed by atoms with Gasteiger partial charge in [0.2, 0.25) is 0 Å². The van der Waals surface area contributed by atoms with Gasteiger partial charge in [-0.1, -0.05) is 43.3 Å². The van der Waals surface area contributed by atoms with Crippen molar-refractivity contribution in [1.82, 2.24) is 0 Å². The molecule has 3 aromatic carbocycles. The Bertz CT molecular complexity index is 997. The minimum atomic E-state index is -0.861. The van der Waals surface area contributed by atoms with Gasteiger partial charge in [0.25, 0.3) is 0 Å². The molecular weight excluding hydrogens is 407 g/mol. The molecule has 3 unspecified atom stereocenters. The largest absolute Gasteiger partial charge is 0.508 e. The molecule has 0 heterocycles. The number of carboxylic acids is 1. The monoisotopic (exact) mass is 436 g/mol. The lowest BCUT2D eigenvalue weighted by atomic mass is 9.87. The third-order valence-corrected chi connectivity index (χ3v) is 5.90. The van der Waals surface area contributed by atoms with Gasteiger partial charge in [-0.25, -0.2) is 4.39 Å². The second kappa shape index (κ2) is 10.8. The van der Waals surface area contributed by atoms with Crippen molar-refractivity contribution in [3.8, 4) is 11.5 Å². The number of hydrogen-bond acceptors (Lipinski definition) is 3. The second-order valence-electron chi connectivity index (χ2n) is 8.09. The van der Waals surface area contributed by atoms with E-state index < -0.39 is 11.9 Å². The van der Waals surface area contributed by atoms with Gasteiger partial charge in [-0.3, -0.25) is 4.79 Å². The quantitative estimate of drug-likeness (QED) is 0.381. The summed E-state index contributed by atoms with van der Waals surface area (Å²) >= 11 is 0. The van der Waals surface area contributed by atoms with Gasteiger partial charge in [0.1, 0.15) is 23.4 Å². The molecule has 0 fully saturated rings. The van der Waals surface area contributed by atoms with Gasteiger partial charge < -0.3 is 14.9 Å². The van der Waals surface area contributed by atoms with Crippen LogP contribution in [0.25, 0.3) is 0 Å². The van der Waals surface area contributed by atoms with E-state index in [1.807, 2.05) is 24.3 Å². The zero-order valence-electron chi connectivity index (χ0n) is 18.4. The average Bonchev–Trinajstić information content (AvgIpc) is 2.80. The normalized spacial score (nSPS) is 13.8. The first-order chi connectivity index (χ1) is 15.4. The minimum absolute atomic E-state index is 0.171. The number of ether oxygens (including phenoxy) is 1. The highest BCUT2D eigenvalue weighted by atomic mass is 19.1. The molecule has 5 heteroatoms. The van der Waals surface area contributed by atoms with Crippen LogP contribution in [0.2, 0.25) is 0 Å². The van der Waals surface area contributed by atoms with Crippen molar-refractivity contribution < 1.29 is 24.1 Å². The topological polar surface area (TPSA) is 66.8 Å². The number of rotatable bonds is 10. The van der Waals surface area contributed by atoms with Gasteiger partial charge in [-0.15, -0.1) is 0 Å². The highest BCUT2D eigenvalue weighted by molar-refractivity contribution is 5.75. The Morgan fingerprint density at radius 2 is 1.53 bits per heavy atom. The number of aryl methyl sites for hydroxylation is 1. The molecular formula is C27H29FO4. The van der Waals surface area contributed by atoms with Crippen molar-refractivity contribution in [2.24, 2.45) is 5.92 Å². The smallest absolute Gasteiger partial charge is 0.310 e. The van der Waals surface area contributed by atoms with Crippen LogP contribution in [0.5, 0.6) is 11.5 Å². The Morgan fingerprint density at radius 3 is 2.09 bits per heavy atom. The number of carboxylic acid groups (broad SMARTS) is 1. The van der Waals surface area contributed by atoms with Crippen molar-refractivity contribution in [3.63, 3.8) is 0 Å². The molecule has 32 heavy (non-hydrogen) atoms. The number of aromatic hydroxyl groups is 1. The zero-order valence-corrected chi connectivity index (χ0v) is 18.4. The Kier molecular flexibility index (Phi) is 7.87. The average molecular weight is 437 g/mol. The third kappa shape index (κ3) is 6.10. The molecule has 4 nitrogen and oxygen atoms in total. The highest BCUT2D eigenvalue weighted by Gasteiger charge is 2.25. The van der Waals surface area contributed by atoms with Crippen molar-refractivity contribution in [1.29, 1.82) is 0 Å². The molecule has 3 aromatic rings. The van der Waals surface area contributed by atoms with E-state index in [0.29, 0.717) is 5.75 Å². The van der Waals surface area contributed by atoms with Crippen LogP contribution in [0, 0.1) is 11.7 Å². The maximum Gasteiger partial charge on any atom is 0.310 e. The molecule has 0 radical (unpaired) electrons. The summed E-state index contributed by atoms with van der Waals surface area (Å²) in [5.74, 6) is -0.691. The number of phenolic OH excluding ortho intramolecular Hbond substituents is 1. The minimum Gasteiger partial charge on any atom is -0.508 e. The molecule has 0 aromatic heterocycles. The fraction of sp³-hybridized carbons (Fsp3) is 0.296. The van der Waals surface area contributed by atoms with Gasteiger partial charge in [0.05, 0.1) is 5.92 Å². The van der Waals surface area contributed by atoms with E-state index in [4.69, 9.17) is 4.74 Å². The zero-order chi connectivity index (χ0) is 23.1. The second-order valence-corrected chi connectivity index (χ2v) is 8.09. The Morgan fingerprint density at radius 1 is 0.938 bits per heavy atom. The van der Waals surface area contributed by atoms with Gasteiger partial charge in [-0.05, 0) is 79.3 Å². The van der Waals surface area contributed by atoms with E-state index in [2.05, 4.69) is 6.92 Å². The molecule has 0 aliphatic carbocycles. The predicted octanol–water partition coefficient (Wildman–Crippen LogP) is 6.50. The van der Waals surface area contributed by atoms with Gasteiger partial charge in [0, 0.05) is 5.92 Å². The van der Waals surface area contributed by atoms with Crippen molar-refractivity contribution in [2.45, 2.75) is 45.1 Å². The number of carbonyl (C=O) groups is 1. The molecule has 168 valence electrons. The van der Waals surface area contributed by atoms with Crippen LogP contribution in [-0.4, -0.2) is 16.2 Å². The first-order valence-corrected chi connectivity index (χ1v) is 10.9. The van der Waals surface area contributed by atoms with Crippen LogP contribution < -0.4 is 4.74 Å². The molecule has 0 bridgehead atoms. The van der Waals surface area contributed by atoms with E-state index in [-0.39, 0.29) is 23.6 Å². The summed E-state index contributed by atoms with van der Waals surface area (Å²) in [5, 5.41) is 18.9. The first-order valence-electron chi connectivity index (χ1n) is 10.9. The van der Waals surface area contributed by atoms with Crippen molar-refractivity contribution in [2.75, 3.05) is 0 Å². The highest BCUT2D eigenvalue weighted by Crippen LogP contribution is 2.34. The van der Waals surface area contributed by atoms with Gasteiger partial charge in [0.15, 0.2) is 0 Å². The number of halogens is 1. The van der Waals surface area contributed by atoms with Crippen LogP contribution >= 0.6 is 0 Å². The summed E-state index contributed by atoms with van der Waals surface area (Å²) in [6.45, 7) is 3.78. The van der Waals surface area contributed by atoms with E-state index >= 15 is 0 Å². The van der Waals surface area contributed by atoms with Crippen molar-refractivity contribution >= 4 is 5.97 Å². The summed E-state index contributed by atoms with van der Waals surface area (Å²) < 4.78 is 19.6. The Labute approximate surface area is 188 Å². The molecule has 0 amide bonds. The predicted molar refractivity (Wildman–Crippen MR) is 122 cm³/mol. The van der Waals surface area contributed by atoms with Gasteiger partial charge >= 0.3 is 5.97 Å². The van der Waals surface area contributed by atoms with Crippen molar-refractivity contribution in [3.05, 3.63) is 95.3 Å². The molecule has 3 rings (SSSR count). The number of aliphatic carboxylic acids is 1. The molecule has 2 N–H and O–H groups in total. The lowest BCUT2D eigenvalue weighted by molar-refractivity contribution is -0.138. The molecule has 0 aliphatic rings. The SMILES string of the molecule is CCC(CCc1ccc(F)cc1)C(Oc1ccc(O)cc1)c1ccc(C(C)C(=O)O)cc1. The summed E-state index contributed by atoms with van der Waals surface area (Å²) in [6.07, 6.45) is 2.26. The molecule has 0 aliphatic heterocycles. The van der Waals surface area contributed by atoms with E-state index in [9.17, 15) is 19.4 Å².